The SMILES string of the molecule is COc1cccc(-c2nn(C(C)(C)C)cc2C(N)=S)c1. The van der Waals surface area contributed by atoms with Crippen molar-refractivity contribution >= 4 is 17.2 Å². The van der Waals surface area contributed by atoms with E-state index < -0.39 is 0 Å². The van der Waals surface area contributed by atoms with Gasteiger partial charge in [-0.15, -0.1) is 0 Å². The number of rotatable bonds is 3. The number of nitrogens with two attached hydrogens (primary N) is 1. The summed E-state index contributed by atoms with van der Waals surface area (Å²) >= 11 is 5.14. The van der Waals surface area contributed by atoms with Crippen LogP contribution in [0, 0.1) is 0 Å². The summed E-state index contributed by atoms with van der Waals surface area (Å²) in [4.78, 5) is 0.346. The molecule has 0 radical (unpaired) electrons. The zero-order valence-electron chi connectivity index (χ0n) is 12.2. The third-order valence-corrected chi connectivity index (χ3v) is 3.23. The Morgan fingerprint density at radius 2 is 2.05 bits per heavy atom. The Kier molecular flexibility index (Phi) is 3.81. The minimum Gasteiger partial charge on any atom is -0.497 e. The first-order valence-electron chi connectivity index (χ1n) is 6.37. The van der Waals surface area contributed by atoms with E-state index in [0.29, 0.717) is 4.99 Å². The molecule has 0 bridgehead atoms. The van der Waals surface area contributed by atoms with Crippen LogP contribution < -0.4 is 10.5 Å². The van der Waals surface area contributed by atoms with Crippen molar-refractivity contribution in [1.82, 2.24) is 9.78 Å². The highest BCUT2D eigenvalue weighted by atomic mass is 32.1. The average Bonchev–Trinajstić information content (AvgIpc) is 2.84. The van der Waals surface area contributed by atoms with Gasteiger partial charge < -0.3 is 10.5 Å². The maximum absolute atomic E-state index is 5.83. The van der Waals surface area contributed by atoms with Gasteiger partial charge in [0, 0.05) is 11.8 Å². The number of methoxy groups -OCH3 is 1. The van der Waals surface area contributed by atoms with Crippen molar-refractivity contribution < 1.29 is 4.74 Å². The van der Waals surface area contributed by atoms with E-state index in [1.54, 1.807) is 7.11 Å². The van der Waals surface area contributed by atoms with Gasteiger partial charge >= 0.3 is 0 Å². The monoisotopic (exact) mass is 289 g/mol. The molecule has 0 aliphatic heterocycles. The van der Waals surface area contributed by atoms with Crippen LogP contribution in [-0.2, 0) is 5.54 Å². The highest BCUT2D eigenvalue weighted by Gasteiger charge is 2.20. The fraction of sp³-hybridized carbons (Fsp3) is 0.333. The zero-order valence-corrected chi connectivity index (χ0v) is 13.0. The molecule has 2 aromatic rings. The number of hydrogen-bond donors (Lipinski definition) is 1. The standard InChI is InChI=1S/C15H19N3OS/c1-15(2,3)18-9-12(14(16)20)13(17-18)10-6-5-7-11(8-10)19-4/h5-9H,1-4H3,(H2,16,20). The van der Waals surface area contributed by atoms with Gasteiger partial charge in [0.15, 0.2) is 0 Å². The molecule has 1 aromatic heterocycles. The average molecular weight is 289 g/mol. The van der Waals surface area contributed by atoms with E-state index in [9.17, 15) is 0 Å². The highest BCUT2D eigenvalue weighted by Crippen LogP contribution is 2.27. The van der Waals surface area contributed by atoms with Crippen LogP contribution in [-0.4, -0.2) is 21.9 Å². The molecule has 0 atom stereocenters. The van der Waals surface area contributed by atoms with Crippen molar-refractivity contribution in [2.75, 3.05) is 7.11 Å². The van der Waals surface area contributed by atoms with E-state index in [0.717, 1.165) is 22.6 Å². The molecule has 1 aromatic carbocycles. The first-order valence-corrected chi connectivity index (χ1v) is 6.78. The van der Waals surface area contributed by atoms with Gasteiger partial charge in [0.05, 0.1) is 18.2 Å². The third-order valence-electron chi connectivity index (χ3n) is 3.01. The van der Waals surface area contributed by atoms with Gasteiger partial charge in [-0.1, -0.05) is 24.4 Å². The predicted molar refractivity (Wildman–Crippen MR) is 85.1 cm³/mol. The fourth-order valence-corrected chi connectivity index (χ4v) is 2.03. The van der Waals surface area contributed by atoms with Crippen LogP contribution in [0.3, 0.4) is 0 Å². The van der Waals surface area contributed by atoms with Crippen LogP contribution in [0.25, 0.3) is 11.3 Å². The largest absolute Gasteiger partial charge is 0.497 e. The van der Waals surface area contributed by atoms with E-state index in [2.05, 4.69) is 25.9 Å². The minimum absolute atomic E-state index is 0.128. The Labute approximate surface area is 124 Å². The van der Waals surface area contributed by atoms with Gasteiger partial charge in [-0.05, 0) is 32.9 Å². The summed E-state index contributed by atoms with van der Waals surface area (Å²) in [5.74, 6) is 0.779. The number of aromatic nitrogens is 2. The van der Waals surface area contributed by atoms with Crippen molar-refractivity contribution in [1.29, 1.82) is 0 Å². The summed E-state index contributed by atoms with van der Waals surface area (Å²) in [6.07, 6.45) is 1.90. The molecule has 0 saturated carbocycles. The van der Waals surface area contributed by atoms with E-state index >= 15 is 0 Å². The summed E-state index contributed by atoms with van der Waals surface area (Å²) in [7, 11) is 1.64. The lowest BCUT2D eigenvalue weighted by Gasteiger charge is -2.18. The molecule has 2 rings (SSSR count). The van der Waals surface area contributed by atoms with Crippen LogP contribution in [0.4, 0.5) is 0 Å². The predicted octanol–water partition coefficient (Wildman–Crippen LogP) is 2.95. The quantitative estimate of drug-likeness (QED) is 0.883. The first kappa shape index (κ1) is 14.5. The van der Waals surface area contributed by atoms with Gasteiger partial charge in [-0.3, -0.25) is 4.68 Å². The summed E-state index contributed by atoms with van der Waals surface area (Å²) in [6, 6.07) is 7.72. The summed E-state index contributed by atoms with van der Waals surface area (Å²) in [5, 5.41) is 4.64. The zero-order chi connectivity index (χ0) is 14.9. The molecule has 0 fully saturated rings. The first-order chi connectivity index (χ1) is 9.32. The Morgan fingerprint density at radius 3 is 2.60 bits per heavy atom. The molecule has 0 spiro atoms. The molecule has 5 heteroatoms. The number of thiocarbonyl (C=S) groups is 1. The Bertz CT molecular complexity index is 641. The van der Waals surface area contributed by atoms with Gasteiger partial charge in [0.1, 0.15) is 16.4 Å². The molecule has 2 N–H and O–H groups in total. The topological polar surface area (TPSA) is 53.1 Å². The minimum atomic E-state index is -0.128. The second-order valence-corrected chi connectivity index (χ2v) is 6.04. The molecule has 4 nitrogen and oxygen atoms in total. The summed E-state index contributed by atoms with van der Waals surface area (Å²) < 4.78 is 7.14. The van der Waals surface area contributed by atoms with Crippen molar-refractivity contribution in [2.45, 2.75) is 26.3 Å². The maximum Gasteiger partial charge on any atom is 0.119 e. The van der Waals surface area contributed by atoms with Crippen LogP contribution in [0.2, 0.25) is 0 Å². The van der Waals surface area contributed by atoms with Crippen molar-refractivity contribution in [3.05, 3.63) is 36.0 Å². The highest BCUT2D eigenvalue weighted by molar-refractivity contribution is 7.80. The molecule has 0 aliphatic carbocycles. The lowest BCUT2D eigenvalue weighted by molar-refractivity contribution is 0.356. The normalized spacial score (nSPS) is 11.4. The molecule has 0 amide bonds. The second-order valence-electron chi connectivity index (χ2n) is 5.60. The van der Waals surface area contributed by atoms with Gasteiger partial charge in [-0.2, -0.15) is 5.10 Å². The third kappa shape index (κ3) is 2.82. The van der Waals surface area contributed by atoms with E-state index in [1.165, 1.54) is 0 Å². The molecule has 0 unspecified atom stereocenters. The smallest absolute Gasteiger partial charge is 0.119 e. The lowest BCUT2D eigenvalue weighted by atomic mass is 10.1. The maximum atomic E-state index is 5.83. The Hall–Kier alpha value is -1.88. The molecular formula is C15H19N3OS. The van der Waals surface area contributed by atoms with Crippen molar-refractivity contribution in [3.8, 4) is 17.0 Å². The molecule has 20 heavy (non-hydrogen) atoms. The Morgan fingerprint density at radius 1 is 1.35 bits per heavy atom. The van der Waals surface area contributed by atoms with Crippen molar-refractivity contribution in [2.24, 2.45) is 5.73 Å². The number of ether oxygens (including phenoxy) is 1. The Balaban J connectivity index is 2.60. The number of benzene rings is 1. The van der Waals surface area contributed by atoms with E-state index in [1.807, 2.05) is 35.1 Å². The van der Waals surface area contributed by atoms with Gasteiger partial charge in [0.25, 0.3) is 0 Å². The van der Waals surface area contributed by atoms with Crippen LogP contribution in [0.1, 0.15) is 26.3 Å². The second kappa shape index (κ2) is 5.25. The summed E-state index contributed by atoms with van der Waals surface area (Å²) in [6.45, 7) is 6.25. The molecular weight excluding hydrogens is 270 g/mol. The van der Waals surface area contributed by atoms with Crippen LogP contribution in [0.5, 0.6) is 5.75 Å². The van der Waals surface area contributed by atoms with E-state index in [4.69, 9.17) is 22.7 Å². The van der Waals surface area contributed by atoms with Crippen LogP contribution in [0.15, 0.2) is 30.5 Å². The van der Waals surface area contributed by atoms with E-state index in [-0.39, 0.29) is 5.54 Å². The number of nitrogens with zero attached hydrogens (tertiary/aromatic N) is 2. The lowest BCUT2D eigenvalue weighted by Crippen LogP contribution is -2.22. The molecule has 0 aliphatic rings. The van der Waals surface area contributed by atoms with Crippen LogP contribution >= 0.6 is 12.2 Å². The summed E-state index contributed by atoms with van der Waals surface area (Å²) in [5.41, 5.74) is 8.20. The fourth-order valence-electron chi connectivity index (χ4n) is 1.88. The molecule has 106 valence electrons. The van der Waals surface area contributed by atoms with Gasteiger partial charge in [-0.25, -0.2) is 0 Å². The number of hydrogen-bond acceptors (Lipinski definition) is 3. The molecule has 0 saturated heterocycles. The van der Waals surface area contributed by atoms with Gasteiger partial charge in [0.2, 0.25) is 0 Å². The van der Waals surface area contributed by atoms with Crippen molar-refractivity contribution in [3.63, 3.8) is 0 Å². The molecule has 1 heterocycles.